The van der Waals surface area contributed by atoms with Crippen LogP contribution in [0.15, 0.2) is 41.7 Å². The average Bonchev–Trinajstić information content (AvgIpc) is 3.70. The second-order valence-corrected chi connectivity index (χ2v) is 10.4. The molecule has 2 aliphatic heterocycles. The summed E-state index contributed by atoms with van der Waals surface area (Å²) < 4.78 is 0. The summed E-state index contributed by atoms with van der Waals surface area (Å²) in [4.78, 5) is 7.11. The largest absolute Gasteiger partial charge is 0.507 e. The van der Waals surface area contributed by atoms with Crippen LogP contribution in [0, 0.1) is 0 Å². The minimum absolute atomic E-state index is 0.125. The molecule has 0 spiro atoms. The highest BCUT2D eigenvalue weighted by atomic mass is 32.2. The van der Waals surface area contributed by atoms with Crippen molar-refractivity contribution >= 4 is 17.6 Å². The molecular weight excluding hydrogens is 446 g/mol. The third kappa shape index (κ3) is 4.34. The van der Waals surface area contributed by atoms with Crippen molar-refractivity contribution in [2.75, 3.05) is 11.2 Å². The quantitative estimate of drug-likeness (QED) is 0.511. The third-order valence-corrected chi connectivity index (χ3v) is 7.87. The molecule has 3 fully saturated rings. The predicted octanol–water partition coefficient (Wildman–Crippen LogP) is 4.07. The Labute approximate surface area is 203 Å². The number of hydrogen-bond donors (Lipinski definition) is 2. The summed E-state index contributed by atoms with van der Waals surface area (Å²) in [6.45, 7) is 0. The number of phenolic OH excluding ortho intramolecular Hbond substituents is 1. The molecule has 0 amide bonds. The first-order valence-corrected chi connectivity index (χ1v) is 13.3. The van der Waals surface area contributed by atoms with Gasteiger partial charge in [0.25, 0.3) is 0 Å². The smallest absolute Gasteiger partial charge is 0.185 e. The number of piperidine rings is 2. The molecule has 3 atom stereocenters. The Hall–Kier alpha value is -2.78. The monoisotopic (exact) mass is 475 g/mol. The van der Waals surface area contributed by atoms with Gasteiger partial charge in [-0.3, -0.25) is 0 Å². The van der Waals surface area contributed by atoms with E-state index in [1.54, 1.807) is 12.3 Å². The van der Waals surface area contributed by atoms with E-state index in [1.807, 2.05) is 30.7 Å². The molecule has 1 aliphatic carbocycles. The summed E-state index contributed by atoms with van der Waals surface area (Å²) in [6.07, 6.45) is 14.2. The Balaban J connectivity index is 1.24. The van der Waals surface area contributed by atoms with E-state index in [9.17, 15) is 5.11 Å². The second-order valence-electron chi connectivity index (χ2n) is 9.61. The van der Waals surface area contributed by atoms with E-state index < -0.39 is 0 Å². The minimum atomic E-state index is 0.125. The molecule has 6 rings (SSSR count). The van der Waals surface area contributed by atoms with Gasteiger partial charge in [0.05, 0.1) is 18.0 Å². The average molecular weight is 476 g/mol. The van der Waals surface area contributed by atoms with Crippen molar-refractivity contribution in [2.45, 2.75) is 74.1 Å². The lowest BCUT2D eigenvalue weighted by atomic mass is 9.83. The van der Waals surface area contributed by atoms with Gasteiger partial charge in [0.15, 0.2) is 11.6 Å². The highest BCUT2D eigenvalue weighted by Gasteiger charge is 2.40. The minimum Gasteiger partial charge on any atom is -0.507 e. The zero-order valence-electron chi connectivity index (χ0n) is 19.3. The van der Waals surface area contributed by atoms with Crippen molar-refractivity contribution in [1.29, 1.82) is 0 Å². The van der Waals surface area contributed by atoms with Crippen LogP contribution in [0.3, 0.4) is 0 Å². The molecule has 1 saturated carbocycles. The van der Waals surface area contributed by atoms with Crippen molar-refractivity contribution in [1.82, 2.24) is 30.7 Å². The Morgan fingerprint density at radius 1 is 0.941 bits per heavy atom. The van der Waals surface area contributed by atoms with Gasteiger partial charge in [0.1, 0.15) is 10.8 Å². The molecule has 34 heavy (non-hydrogen) atoms. The summed E-state index contributed by atoms with van der Waals surface area (Å²) in [6, 6.07) is 9.76. The molecule has 3 aromatic rings. The fourth-order valence-corrected chi connectivity index (χ4v) is 5.88. The first-order chi connectivity index (χ1) is 16.7. The first-order valence-electron chi connectivity index (χ1n) is 12.1. The second kappa shape index (κ2) is 9.11. The van der Waals surface area contributed by atoms with Gasteiger partial charge in [-0.05, 0) is 68.5 Å². The summed E-state index contributed by atoms with van der Waals surface area (Å²) >= 11 is 1.53. The first kappa shape index (κ1) is 21.7. The standard InChI is InChI=1S/C25H29N7OS/c1-34-24-10-16(13-27-30-24)15-5-8-21(22(33)9-15)25-26-14-23(29-31-25)32(19-6-7-19)20-11-17-3-2-4-18(12-20)28-17/h5,8-10,13-14,17-20,28,33H,2-4,6-7,11-12H2,1H3/t17-,18+,20?. The van der Waals surface area contributed by atoms with Crippen LogP contribution in [-0.4, -0.2) is 60.9 Å². The Morgan fingerprint density at radius 3 is 2.44 bits per heavy atom. The molecular formula is C25H29N7OS. The Kier molecular flexibility index (Phi) is 5.82. The normalized spacial score (nSPS) is 24.1. The number of thioether (sulfide) groups is 1. The fraction of sp³-hybridized carbons (Fsp3) is 0.480. The molecule has 2 aromatic heterocycles. The van der Waals surface area contributed by atoms with Crippen molar-refractivity contribution in [3.05, 3.63) is 36.7 Å². The summed E-state index contributed by atoms with van der Waals surface area (Å²) in [5, 5.41) is 32.5. The maximum atomic E-state index is 10.7. The van der Waals surface area contributed by atoms with Gasteiger partial charge in [0.2, 0.25) is 0 Å². The number of hydrogen-bond acceptors (Lipinski definition) is 9. The van der Waals surface area contributed by atoms with Crippen LogP contribution in [-0.2, 0) is 0 Å². The molecule has 8 nitrogen and oxygen atoms in total. The van der Waals surface area contributed by atoms with Crippen LogP contribution in [0.5, 0.6) is 5.75 Å². The number of anilines is 1. The highest BCUT2D eigenvalue weighted by molar-refractivity contribution is 7.98. The van der Waals surface area contributed by atoms with Crippen molar-refractivity contribution in [3.8, 4) is 28.3 Å². The number of rotatable bonds is 6. The van der Waals surface area contributed by atoms with Crippen LogP contribution in [0.4, 0.5) is 5.82 Å². The summed E-state index contributed by atoms with van der Waals surface area (Å²) in [5.41, 5.74) is 2.35. The van der Waals surface area contributed by atoms with Gasteiger partial charge in [-0.2, -0.15) is 5.10 Å². The van der Waals surface area contributed by atoms with E-state index in [1.165, 1.54) is 56.7 Å². The van der Waals surface area contributed by atoms with Gasteiger partial charge >= 0.3 is 0 Å². The van der Waals surface area contributed by atoms with Crippen LogP contribution in [0.25, 0.3) is 22.5 Å². The molecule has 4 heterocycles. The van der Waals surface area contributed by atoms with E-state index in [4.69, 9.17) is 0 Å². The zero-order chi connectivity index (χ0) is 23.1. The zero-order valence-corrected chi connectivity index (χ0v) is 20.1. The lowest BCUT2D eigenvalue weighted by Crippen LogP contribution is -2.55. The van der Waals surface area contributed by atoms with Crippen LogP contribution >= 0.6 is 11.8 Å². The topological polar surface area (TPSA) is 100.0 Å². The van der Waals surface area contributed by atoms with Crippen LogP contribution < -0.4 is 10.2 Å². The molecule has 9 heteroatoms. The molecule has 2 N–H and O–H groups in total. The number of nitrogens with one attached hydrogen (secondary N) is 1. The fourth-order valence-electron chi connectivity index (χ4n) is 5.50. The van der Waals surface area contributed by atoms with E-state index >= 15 is 0 Å². The summed E-state index contributed by atoms with van der Waals surface area (Å²) in [5.74, 6) is 1.42. The van der Waals surface area contributed by atoms with Gasteiger partial charge in [0, 0.05) is 29.7 Å². The van der Waals surface area contributed by atoms with Gasteiger partial charge < -0.3 is 15.3 Å². The summed E-state index contributed by atoms with van der Waals surface area (Å²) in [7, 11) is 0. The van der Waals surface area contributed by atoms with E-state index in [0.29, 0.717) is 35.6 Å². The van der Waals surface area contributed by atoms with Gasteiger partial charge in [-0.15, -0.1) is 27.1 Å². The number of fused-ring (bicyclic) bond motifs is 2. The molecule has 3 aliphatic rings. The lowest BCUT2D eigenvalue weighted by Gasteiger charge is -2.45. The Morgan fingerprint density at radius 2 is 1.76 bits per heavy atom. The van der Waals surface area contributed by atoms with Gasteiger partial charge in [-0.1, -0.05) is 12.5 Å². The maximum absolute atomic E-state index is 10.7. The number of aromatic hydroxyl groups is 1. The maximum Gasteiger partial charge on any atom is 0.185 e. The van der Waals surface area contributed by atoms with Crippen LogP contribution in [0.1, 0.15) is 44.9 Å². The molecule has 176 valence electrons. The van der Waals surface area contributed by atoms with E-state index in [2.05, 4.69) is 35.6 Å². The van der Waals surface area contributed by atoms with Gasteiger partial charge in [-0.25, -0.2) is 4.98 Å². The highest BCUT2D eigenvalue weighted by Crippen LogP contribution is 2.38. The predicted molar refractivity (Wildman–Crippen MR) is 133 cm³/mol. The third-order valence-electron chi connectivity index (χ3n) is 7.25. The number of phenols is 1. The number of nitrogens with zero attached hydrogens (tertiary/aromatic N) is 6. The SMILES string of the molecule is CSc1cc(-c2ccc(-c3ncc(N(C4CC4)C4C[C@H]5CCC[C@@H](C4)N5)nn3)c(O)c2)cnn1. The lowest BCUT2D eigenvalue weighted by molar-refractivity contribution is 0.215. The molecule has 0 radical (unpaired) electrons. The molecule has 1 unspecified atom stereocenters. The number of aromatic nitrogens is 5. The molecule has 1 aromatic carbocycles. The Bertz CT molecular complexity index is 1160. The molecule has 2 bridgehead atoms. The van der Waals surface area contributed by atoms with Crippen LogP contribution in [0.2, 0.25) is 0 Å². The number of benzene rings is 1. The van der Waals surface area contributed by atoms with Crippen molar-refractivity contribution in [2.24, 2.45) is 0 Å². The van der Waals surface area contributed by atoms with Crippen molar-refractivity contribution in [3.63, 3.8) is 0 Å². The van der Waals surface area contributed by atoms with Crippen molar-refractivity contribution < 1.29 is 5.11 Å². The van der Waals surface area contributed by atoms with E-state index in [-0.39, 0.29) is 5.75 Å². The molecule has 2 saturated heterocycles. The van der Waals surface area contributed by atoms with E-state index in [0.717, 1.165) is 22.0 Å².